The third-order valence-electron chi connectivity index (χ3n) is 4.95. The van der Waals surface area contributed by atoms with Crippen LogP contribution < -0.4 is 16.3 Å². The molecule has 3 heterocycles. The van der Waals surface area contributed by atoms with Crippen molar-refractivity contribution in [2.45, 2.75) is 18.9 Å². The molecular weight excluding hydrogens is 342 g/mol. The maximum atomic E-state index is 12.5. The lowest BCUT2D eigenvalue weighted by molar-refractivity contribution is 0.0928. The molecule has 1 atom stereocenters. The molecule has 0 amide bonds. The number of aliphatic imine (C=N–C) groups is 1. The highest BCUT2D eigenvalue weighted by atomic mass is 16.5. The average molecular weight is 365 g/mol. The molecule has 4 rings (SSSR count). The number of ether oxygens (including phenoxy) is 1. The molecule has 1 saturated heterocycles. The van der Waals surface area contributed by atoms with E-state index in [0.717, 1.165) is 23.1 Å². The van der Waals surface area contributed by atoms with E-state index in [1.54, 1.807) is 6.21 Å². The molecule has 1 aromatic heterocycles. The van der Waals surface area contributed by atoms with Crippen LogP contribution in [0.4, 0.5) is 5.95 Å². The van der Waals surface area contributed by atoms with Crippen LogP contribution in [0.1, 0.15) is 17.7 Å². The van der Waals surface area contributed by atoms with E-state index in [-0.39, 0.29) is 11.6 Å². The molecule has 1 aromatic carbocycles. The maximum Gasteiger partial charge on any atom is 0.273 e. The van der Waals surface area contributed by atoms with E-state index in [1.165, 1.54) is 11.6 Å². The molecule has 0 spiro atoms. The second-order valence-corrected chi connectivity index (χ2v) is 6.76. The minimum Gasteiger partial charge on any atom is -0.377 e. The van der Waals surface area contributed by atoms with Crippen LogP contribution in [0.3, 0.4) is 0 Å². The summed E-state index contributed by atoms with van der Waals surface area (Å²) < 4.78 is 6.84. The Morgan fingerprint density at radius 1 is 1.26 bits per heavy atom. The third-order valence-corrected chi connectivity index (χ3v) is 4.95. The number of nitrogens with zero attached hydrogens (tertiary/aromatic N) is 4. The maximum absolute atomic E-state index is 12.5. The van der Waals surface area contributed by atoms with Gasteiger partial charge in [-0.2, -0.15) is 4.68 Å². The number of hydrogen-bond acceptors (Lipinski definition) is 6. The summed E-state index contributed by atoms with van der Waals surface area (Å²) in [6.07, 6.45) is 5.25. The van der Waals surface area contributed by atoms with Crippen molar-refractivity contribution in [1.29, 1.82) is 0 Å². The molecule has 0 saturated carbocycles. The van der Waals surface area contributed by atoms with Gasteiger partial charge in [0, 0.05) is 25.4 Å². The Balaban J connectivity index is 1.69. The predicted octanol–water partition coefficient (Wildman–Crippen LogP) is 1.26. The third kappa shape index (κ3) is 3.78. The van der Waals surface area contributed by atoms with E-state index >= 15 is 0 Å². The van der Waals surface area contributed by atoms with Gasteiger partial charge in [0.25, 0.3) is 5.56 Å². The smallest absolute Gasteiger partial charge is 0.273 e. The SMILES string of the molecule is Nn1c(N2CCOC[C@@H]2Cc2ccccc2)nc(C2=CC=NCC2)cc1=O. The number of benzene rings is 1. The fraction of sp³-hybridized carbons (Fsp3) is 0.350. The first-order valence-corrected chi connectivity index (χ1v) is 9.19. The second kappa shape index (κ2) is 7.75. The zero-order valence-corrected chi connectivity index (χ0v) is 15.1. The Morgan fingerprint density at radius 3 is 2.89 bits per heavy atom. The Bertz CT molecular complexity index is 920. The first kappa shape index (κ1) is 17.5. The average Bonchev–Trinajstić information content (AvgIpc) is 2.72. The summed E-state index contributed by atoms with van der Waals surface area (Å²) in [7, 11) is 0. The number of allylic oxidation sites excluding steroid dienone is 1. The lowest BCUT2D eigenvalue weighted by Crippen LogP contribution is -2.50. The molecule has 1 fully saturated rings. The monoisotopic (exact) mass is 365 g/mol. The first-order valence-electron chi connectivity index (χ1n) is 9.19. The molecular formula is C20H23N5O2. The van der Waals surface area contributed by atoms with Crippen molar-refractivity contribution in [1.82, 2.24) is 9.66 Å². The Morgan fingerprint density at radius 2 is 2.11 bits per heavy atom. The summed E-state index contributed by atoms with van der Waals surface area (Å²) >= 11 is 0. The highest BCUT2D eigenvalue weighted by Crippen LogP contribution is 2.22. The summed E-state index contributed by atoms with van der Waals surface area (Å²) in [6, 6.07) is 11.8. The van der Waals surface area contributed by atoms with Crippen molar-refractivity contribution in [2.75, 3.05) is 37.0 Å². The predicted molar refractivity (Wildman–Crippen MR) is 107 cm³/mol. The summed E-state index contributed by atoms with van der Waals surface area (Å²) in [5, 5.41) is 0. The number of nitrogens with two attached hydrogens (primary N) is 1. The highest BCUT2D eigenvalue weighted by molar-refractivity contribution is 5.85. The van der Waals surface area contributed by atoms with Crippen LogP contribution in [0.15, 0.2) is 52.3 Å². The van der Waals surface area contributed by atoms with Crippen LogP contribution in [0, 0.1) is 0 Å². The van der Waals surface area contributed by atoms with Gasteiger partial charge in [-0.25, -0.2) is 4.98 Å². The summed E-state index contributed by atoms with van der Waals surface area (Å²) in [4.78, 5) is 23.5. The molecule has 0 radical (unpaired) electrons. The van der Waals surface area contributed by atoms with Gasteiger partial charge < -0.3 is 15.5 Å². The van der Waals surface area contributed by atoms with Crippen LogP contribution in [0.2, 0.25) is 0 Å². The Hall–Kier alpha value is -2.93. The van der Waals surface area contributed by atoms with Gasteiger partial charge in [0.2, 0.25) is 5.95 Å². The van der Waals surface area contributed by atoms with Crippen molar-refractivity contribution >= 4 is 17.7 Å². The van der Waals surface area contributed by atoms with Gasteiger partial charge in [-0.05, 0) is 30.1 Å². The lowest BCUT2D eigenvalue weighted by Gasteiger charge is -2.37. The van der Waals surface area contributed by atoms with E-state index in [2.05, 4.69) is 22.0 Å². The molecule has 2 aliphatic heterocycles. The van der Waals surface area contributed by atoms with Crippen LogP contribution >= 0.6 is 0 Å². The number of dihydropyridines is 1. The number of hydrogen-bond donors (Lipinski definition) is 1. The minimum absolute atomic E-state index is 0.0694. The van der Waals surface area contributed by atoms with Crippen molar-refractivity contribution in [3.05, 3.63) is 64.1 Å². The molecule has 140 valence electrons. The van der Waals surface area contributed by atoms with E-state index in [0.29, 0.717) is 37.9 Å². The van der Waals surface area contributed by atoms with Crippen LogP contribution in [-0.4, -0.2) is 48.2 Å². The van der Waals surface area contributed by atoms with Crippen molar-refractivity contribution in [3.8, 4) is 0 Å². The highest BCUT2D eigenvalue weighted by Gasteiger charge is 2.27. The normalized spacial score (nSPS) is 19.8. The summed E-state index contributed by atoms with van der Waals surface area (Å²) in [5.41, 5.74) is 2.64. The van der Waals surface area contributed by atoms with Gasteiger partial charge in [0.1, 0.15) is 0 Å². The fourth-order valence-electron chi connectivity index (χ4n) is 3.52. The number of morpholine rings is 1. The molecule has 7 nitrogen and oxygen atoms in total. The topological polar surface area (TPSA) is 85.7 Å². The number of anilines is 1. The first-order chi connectivity index (χ1) is 13.2. The van der Waals surface area contributed by atoms with Gasteiger partial charge in [0.05, 0.1) is 24.9 Å². The second-order valence-electron chi connectivity index (χ2n) is 6.76. The van der Waals surface area contributed by atoms with E-state index in [4.69, 9.17) is 15.6 Å². The molecule has 2 aromatic rings. The van der Waals surface area contributed by atoms with Gasteiger partial charge in [-0.15, -0.1) is 0 Å². The quantitative estimate of drug-likeness (QED) is 0.825. The number of nitrogen functional groups attached to an aromatic ring is 1. The van der Waals surface area contributed by atoms with Crippen molar-refractivity contribution in [3.63, 3.8) is 0 Å². The van der Waals surface area contributed by atoms with Gasteiger partial charge in [-0.1, -0.05) is 30.3 Å². The summed E-state index contributed by atoms with van der Waals surface area (Å²) in [6.45, 7) is 2.51. The Labute approximate surface area is 157 Å². The minimum atomic E-state index is -0.261. The molecule has 2 N–H and O–H groups in total. The van der Waals surface area contributed by atoms with Crippen LogP contribution in [0.25, 0.3) is 5.57 Å². The van der Waals surface area contributed by atoms with E-state index < -0.39 is 0 Å². The number of rotatable bonds is 4. The Kier molecular flexibility index (Phi) is 5.02. The van der Waals surface area contributed by atoms with Crippen molar-refractivity contribution < 1.29 is 4.74 Å². The zero-order valence-electron chi connectivity index (χ0n) is 15.1. The van der Waals surface area contributed by atoms with Gasteiger partial charge >= 0.3 is 0 Å². The zero-order chi connectivity index (χ0) is 18.6. The summed E-state index contributed by atoms with van der Waals surface area (Å²) in [5.74, 6) is 6.57. The molecule has 0 aliphatic carbocycles. The molecule has 0 unspecified atom stereocenters. The number of aromatic nitrogens is 2. The van der Waals surface area contributed by atoms with Gasteiger partial charge in [0.15, 0.2) is 0 Å². The molecule has 27 heavy (non-hydrogen) atoms. The van der Waals surface area contributed by atoms with E-state index in [1.807, 2.05) is 24.3 Å². The van der Waals surface area contributed by atoms with E-state index in [9.17, 15) is 4.79 Å². The van der Waals surface area contributed by atoms with Crippen LogP contribution in [0.5, 0.6) is 0 Å². The van der Waals surface area contributed by atoms with Crippen LogP contribution in [-0.2, 0) is 11.2 Å². The fourth-order valence-corrected chi connectivity index (χ4v) is 3.52. The lowest BCUT2D eigenvalue weighted by atomic mass is 10.0. The van der Waals surface area contributed by atoms with Crippen molar-refractivity contribution in [2.24, 2.45) is 4.99 Å². The standard InChI is InChI=1S/C20H23N5O2/c21-25-19(26)13-18(16-6-8-22-9-7-16)23-20(25)24-10-11-27-14-17(24)12-15-4-2-1-3-5-15/h1-6,8,13,17H,7,9-12,14,21H2/t17-/m0/s1. The van der Waals surface area contributed by atoms with Gasteiger partial charge in [-0.3, -0.25) is 9.79 Å². The molecule has 2 aliphatic rings. The largest absolute Gasteiger partial charge is 0.377 e. The molecule has 0 bridgehead atoms. The molecule has 7 heteroatoms.